The summed E-state index contributed by atoms with van der Waals surface area (Å²) in [6.45, 7) is 0.433. The molecule has 1 unspecified atom stereocenters. The highest BCUT2D eigenvalue weighted by molar-refractivity contribution is 6.34. The van der Waals surface area contributed by atoms with E-state index in [1.54, 1.807) is 0 Å². The maximum absolute atomic E-state index is 13.1. The number of hydrogen-bond donors (Lipinski definition) is 2. The van der Waals surface area contributed by atoms with E-state index in [2.05, 4.69) is 10.3 Å². The Kier molecular flexibility index (Phi) is 6.09. The van der Waals surface area contributed by atoms with Gasteiger partial charge in [0.2, 0.25) is 5.75 Å². The van der Waals surface area contributed by atoms with Crippen LogP contribution in [0, 0.1) is 5.82 Å². The fourth-order valence-electron chi connectivity index (χ4n) is 4.11. The molecule has 2 N–H and O–H groups in total. The number of nitrogens with zero attached hydrogens (tertiary/aromatic N) is 4. The van der Waals surface area contributed by atoms with E-state index in [1.807, 2.05) is 0 Å². The van der Waals surface area contributed by atoms with Crippen molar-refractivity contribution < 1.29 is 28.6 Å². The molecule has 1 spiro atoms. The quantitative estimate of drug-likeness (QED) is 0.578. The summed E-state index contributed by atoms with van der Waals surface area (Å²) < 4.78 is 20.3. The summed E-state index contributed by atoms with van der Waals surface area (Å²) in [6, 6.07) is 5.48. The number of carbonyl (C=O) groups excluding carboxylic acids is 3. The van der Waals surface area contributed by atoms with Crippen LogP contribution >= 0.6 is 0 Å². The van der Waals surface area contributed by atoms with E-state index < -0.39 is 46.1 Å². The van der Waals surface area contributed by atoms with Gasteiger partial charge in [-0.05, 0) is 17.7 Å². The van der Waals surface area contributed by atoms with Crippen molar-refractivity contribution in [3.05, 3.63) is 57.5 Å². The van der Waals surface area contributed by atoms with Gasteiger partial charge in [-0.2, -0.15) is 0 Å². The van der Waals surface area contributed by atoms with Gasteiger partial charge in [-0.1, -0.05) is 12.1 Å². The molecule has 11 nitrogen and oxygen atoms in total. The second-order valence-corrected chi connectivity index (χ2v) is 8.42. The molecule has 4 rings (SSSR count). The minimum atomic E-state index is -1.20. The SMILES string of the molecule is CN(C)C(=O)C(=O)N1CCC2(C1)OCCn1c2nc(C(=O)NCc2ccc(F)cc2)c(O)c1=O. The van der Waals surface area contributed by atoms with Gasteiger partial charge in [0.1, 0.15) is 17.2 Å². The Labute approximate surface area is 193 Å². The van der Waals surface area contributed by atoms with Crippen LogP contribution in [-0.2, 0) is 33.0 Å². The average Bonchev–Trinajstić information content (AvgIpc) is 3.24. The molecule has 3 heterocycles. The topological polar surface area (TPSA) is 134 Å². The number of ether oxygens (including phenoxy) is 1. The Balaban J connectivity index is 1.62. The van der Waals surface area contributed by atoms with Crippen molar-refractivity contribution >= 4 is 17.7 Å². The molecule has 0 bridgehead atoms. The molecule has 1 aromatic heterocycles. The third-order valence-electron chi connectivity index (χ3n) is 5.94. The van der Waals surface area contributed by atoms with Crippen molar-refractivity contribution in [1.29, 1.82) is 0 Å². The monoisotopic (exact) mass is 473 g/mol. The first kappa shape index (κ1) is 23.4. The number of carbonyl (C=O) groups is 3. The molecule has 0 aliphatic carbocycles. The second-order valence-electron chi connectivity index (χ2n) is 8.42. The van der Waals surface area contributed by atoms with E-state index >= 15 is 0 Å². The van der Waals surface area contributed by atoms with E-state index in [9.17, 15) is 28.7 Å². The first-order valence-electron chi connectivity index (χ1n) is 10.6. The molecular formula is C22H24FN5O6. The minimum Gasteiger partial charge on any atom is -0.501 e. The van der Waals surface area contributed by atoms with Crippen LogP contribution in [0.25, 0.3) is 0 Å². The van der Waals surface area contributed by atoms with Gasteiger partial charge in [-0.3, -0.25) is 23.7 Å². The highest BCUT2D eigenvalue weighted by atomic mass is 19.1. The van der Waals surface area contributed by atoms with Gasteiger partial charge in [-0.15, -0.1) is 0 Å². The number of likely N-dealkylation sites (N-methyl/N-ethyl adjacent to an activating group) is 1. The largest absolute Gasteiger partial charge is 0.501 e. The number of nitrogens with one attached hydrogen (secondary N) is 1. The summed E-state index contributed by atoms with van der Waals surface area (Å²) in [5, 5.41) is 13.0. The van der Waals surface area contributed by atoms with Crippen LogP contribution in [0.5, 0.6) is 5.75 Å². The number of hydrogen-bond acceptors (Lipinski definition) is 7. The Bertz CT molecular complexity index is 1210. The predicted molar refractivity (Wildman–Crippen MR) is 115 cm³/mol. The number of halogens is 1. The normalized spacial score (nSPS) is 19.1. The average molecular weight is 473 g/mol. The molecule has 180 valence electrons. The predicted octanol–water partition coefficient (Wildman–Crippen LogP) is -0.436. The first-order chi connectivity index (χ1) is 16.1. The van der Waals surface area contributed by atoms with Gasteiger partial charge in [0.15, 0.2) is 5.69 Å². The third kappa shape index (κ3) is 4.12. The summed E-state index contributed by atoms with van der Waals surface area (Å²) in [5.74, 6) is -3.30. The second kappa shape index (κ2) is 8.86. The zero-order chi connectivity index (χ0) is 24.6. The molecule has 2 aromatic rings. The summed E-state index contributed by atoms with van der Waals surface area (Å²) in [7, 11) is 2.94. The Morgan fingerprint density at radius 2 is 1.94 bits per heavy atom. The molecule has 2 aliphatic heterocycles. The zero-order valence-electron chi connectivity index (χ0n) is 18.7. The molecule has 0 radical (unpaired) electrons. The van der Waals surface area contributed by atoms with E-state index in [-0.39, 0.29) is 45.0 Å². The van der Waals surface area contributed by atoms with Gasteiger partial charge in [0.05, 0.1) is 19.7 Å². The standard InChI is InChI=1S/C22H24FN5O6/c1-26(2)19(32)20(33)27-8-7-22(12-27)21-25-15(16(29)18(31)28(21)9-10-34-22)17(30)24-11-13-3-5-14(23)6-4-13/h3-6,29H,7-12H2,1-2H3,(H,24,30). The van der Waals surface area contributed by atoms with Gasteiger partial charge >= 0.3 is 11.8 Å². The van der Waals surface area contributed by atoms with Crippen molar-refractivity contribution in [2.24, 2.45) is 0 Å². The molecule has 3 amide bonds. The van der Waals surface area contributed by atoms with Crippen LogP contribution in [-0.4, -0.2) is 76.0 Å². The highest BCUT2D eigenvalue weighted by Crippen LogP contribution is 2.37. The van der Waals surface area contributed by atoms with Crippen LogP contribution in [0.3, 0.4) is 0 Å². The Morgan fingerprint density at radius 3 is 2.62 bits per heavy atom. The first-order valence-corrected chi connectivity index (χ1v) is 10.6. The molecule has 2 aliphatic rings. The van der Waals surface area contributed by atoms with Crippen molar-refractivity contribution in [3.63, 3.8) is 0 Å². The van der Waals surface area contributed by atoms with E-state index in [0.29, 0.717) is 5.56 Å². The van der Waals surface area contributed by atoms with Gasteiger partial charge in [0, 0.05) is 33.6 Å². The van der Waals surface area contributed by atoms with Crippen molar-refractivity contribution in [1.82, 2.24) is 24.7 Å². The highest BCUT2D eigenvalue weighted by Gasteiger charge is 2.49. The number of likely N-dealkylation sites (tertiary alicyclic amines) is 1. The fourth-order valence-corrected chi connectivity index (χ4v) is 4.11. The molecule has 1 fully saturated rings. The van der Waals surface area contributed by atoms with Crippen LogP contribution in [0.2, 0.25) is 0 Å². The maximum Gasteiger partial charge on any atom is 0.312 e. The van der Waals surface area contributed by atoms with Crippen molar-refractivity contribution in [3.8, 4) is 5.75 Å². The number of aromatic nitrogens is 2. The zero-order valence-corrected chi connectivity index (χ0v) is 18.7. The smallest absolute Gasteiger partial charge is 0.312 e. The van der Waals surface area contributed by atoms with Crippen molar-refractivity contribution in [2.75, 3.05) is 33.8 Å². The molecule has 12 heteroatoms. The summed E-state index contributed by atoms with van der Waals surface area (Å²) in [6.07, 6.45) is 0.257. The number of rotatable bonds is 3. The summed E-state index contributed by atoms with van der Waals surface area (Å²) in [4.78, 5) is 57.1. The van der Waals surface area contributed by atoms with Gasteiger partial charge in [0.25, 0.3) is 11.5 Å². The summed E-state index contributed by atoms with van der Waals surface area (Å²) >= 11 is 0. The third-order valence-corrected chi connectivity index (χ3v) is 5.94. The van der Waals surface area contributed by atoms with Crippen LogP contribution in [0.4, 0.5) is 4.39 Å². The fraction of sp³-hybridized carbons (Fsp3) is 0.409. The van der Waals surface area contributed by atoms with E-state index in [1.165, 1.54) is 52.7 Å². The number of amides is 3. The van der Waals surface area contributed by atoms with E-state index in [0.717, 1.165) is 0 Å². The van der Waals surface area contributed by atoms with Crippen LogP contribution in [0.15, 0.2) is 29.1 Å². The molecule has 1 atom stereocenters. The lowest BCUT2D eigenvalue weighted by Crippen LogP contribution is -2.48. The van der Waals surface area contributed by atoms with Crippen LogP contribution < -0.4 is 10.9 Å². The van der Waals surface area contributed by atoms with Crippen molar-refractivity contribution in [2.45, 2.75) is 25.1 Å². The Hall–Kier alpha value is -3.80. The molecule has 0 saturated carbocycles. The Morgan fingerprint density at radius 1 is 1.24 bits per heavy atom. The molecule has 1 aromatic carbocycles. The lowest BCUT2D eigenvalue weighted by molar-refractivity contribution is -0.151. The van der Waals surface area contributed by atoms with Gasteiger partial charge in [-0.25, -0.2) is 9.37 Å². The summed E-state index contributed by atoms with van der Waals surface area (Å²) in [5.41, 5.74) is -1.86. The lowest BCUT2D eigenvalue weighted by atomic mass is 9.99. The molecule has 34 heavy (non-hydrogen) atoms. The number of fused-ring (bicyclic) bond motifs is 2. The van der Waals surface area contributed by atoms with Crippen LogP contribution in [0.1, 0.15) is 28.3 Å². The number of aromatic hydroxyl groups is 1. The number of benzene rings is 1. The van der Waals surface area contributed by atoms with E-state index in [4.69, 9.17) is 4.74 Å². The maximum atomic E-state index is 13.1. The lowest BCUT2D eigenvalue weighted by Gasteiger charge is -2.35. The van der Waals surface area contributed by atoms with Gasteiger partial charge < -0.3 is 25.0 Å². The molecular weight excluding hydrogens is 449 g/mol. The molecule has 1 saturated heterocycles. The minimum absolute atomic E-state index is 0.0230.